The van der Waals surface area contributed by atoms with Gasteiger partial charge in [0.15, 0.2) is 0 Å². The maximum absolute atomic E-state index is 9.21. The van der Waals surface area contributed by atoms with Gasteiger partial charge in [0.25, 0.3) is 0 Å². The number of nitrogens with two attached hydrogens (primary N) is 1. The van der Waals surface area contributed by atoms with Crippen LogP contribution in [0.15, 0.2) is 30.3 Å². The molecular weight excluding hydrogens is 210 g/mol. The first-order chi connectivity index (χ1) is 6.49. The SMILES string of the molecule is COc1ccccc1.NOS(=O)(=O)O. The molecule has 0 aliphatic rings. The average Bonchev–Trinajstić information content (AvgIpc) is 2.19. The van der Waals surface area contributed by atoms with Crippen molar-refractivity contribution in [1.29, 1.82) is 0 Å². The zero-order valence-electron chi connectivity index (χ0n) is 7.45. The van der Waals surface area contributed by atoms with Crippen LogP contribution >= 0.6 is 0 Å². The van der Waals surface area contributed by atoms with E-state index >= 15 is 0 Å². The van der Waals surface area contributed by atoms with E-state index in [1.165, 1.54) is 0 Å². The van der Waals surface area contributed by atoms with Crippen molar-refractivity contribution in [2.45, 2.75) is 0 Å². The van der Waals surface area contributed by atoms with Crippen LogP contribution in [-0.2, 0) is 14.7 Å². The monoisotopic (exact) mass is 221 g/mol. The maximum Gasteiger partial charge on any atom is 0.413 e. The number of benzene rings is 1. The van der Waals surface area contributed by atoms with Gasteiger partial charge in [-0.25, -0.2) is 0 Å². The molecule has 0 spiro atoms. The van der Waals surface area contributed by atoms with E-state index in [1.807, 2.05) is 30.3 Å². The molecule has 1 aromatic carbocycles. The minimum absolute atomic E-state index is 0.910. The standard InChI is InChI=1S/C7H8O.H3NO4S/c1-8-7-5-3-2-4-6-7;1-5-6(2,3)4/h2-6H,1H3;1H2,(H,2,3,4). The first kappa shape index (κ1) is 12.8. The second-order valence-corrected chi connectivity index (χ2v) is 3.09. The van der Waals surface area contributed by atoms with Crippen molar-refractivity contribution in [3.05, 3.63) is 30.3 Å². The Morgan fingerprint density at radius 1 is 1.29 bits per heavy atom. The molecule has 1 aromatic rings. The molecule has 0 amide bonds. The van der Waals surface area contributed by atoms with Gasteiger partial charge in [-0.2, -0.15) is 18.6 Å². The Bertz CT molecular complexity index is 336. The fourth-order valence-electron chi connectivity index (χ4n) is 0.557. The van der Waals surface area contributed by atoms with Gasteiger partial charge in [-0.05, 0) is 12.1 Å². The first-order valence-corrected chi connectivity index (χ1v) is 4.81. The van der Waals surface area contributed by atoms with E-state index in [0.29, 0.717) is 0 Å². The van der Waals surface area contributed by atoms with Gasteiger partial charge in [-0.1, -0.05) is 18.2 Å². The molecule has 7 heteroatoms. The van der Waals surface area contributed by atoms with Gasteiger partial charge in [0, 0.05) is 0 Å². The van der Waals surface area contributed by atoms with E-state index in [2.05, 4.69) is 10.2 Å². The molecule has 14 heavy (non-hydrogen) atoms. The molecule has 0 fully saturated rings. The molecule has 0 saturated carbocycles. The third-order valence-corrected chi connectivity index (χ3v) is 1.34. The van der Waals surface area contributed by atoms with Crippen molar-refractivity contribution in [1.82, 2.24) is 0 Å². The molecule has 0 heterocycles. The van der Waals surface area contributed by atoms with E-state index < -0.39 is 10.4 Å². The Morgan fingerprint density at radius 2 is 1.71 bits per heavy atom. The van der Waals surface area contributed by atoms with Crippen LogP contribution in [-0.4, -0.2) is 20.1 Å². The molecule has 0 aromatic heterocycles. The number of methoxy groups -OCH3 is 1. The summed E-state index contributed by atoms with van der Waals surface area (Å²) < 4.78 is 33.7. The van der Waals surface area contributed by atoms with Crippen molar-refractivity contribution < 1.29 is 22.0 Å². The zero-order chi connectivity index (χ0) is 11.0. The number of para-hydroxylation sites is 1. The highest BCUT2D eigenvalue weighted by atomic mass is 32.3. The molecule has 0 saturated heterocycles. The van der Waals surface area contributed by atoms with Crippen LogP contribution < -0.4 is 10.6 Å². The Labute approximate surface area is 82.2 Å². The molecule has 0 unspecified atom stereocenters. The van der Waals surface area contributed by atoms with Crippen LogP contribution in [0, 0.1) is 0 Å². The molecule has 6 nitrogen and oxygen atoms in total. The second kappa shape index (κ2) is 6.33. The largest absolute Gasteiger partial charge is 0.497 e. The topological polar surface area (TPSA) is 98.9 Å². The van der Waals surface area contributed by atoms with Gasteiger partial charge in [0.2, 0.25) is 0 Å². The molecule has 1 rings (SSSR count). The summed E-state index contributed by atoms with van der Waals surface area (Å²) in [6, 6.07) is 9.68. The third-order valence-electron chi connectivity index (χ3n) is 1.10. The summed E-state index contributed by atoms with van der Waals surface area (Å²) >= 11 is 0. The molecule has 0 bridgehead atoms. The molecule has 0 atom stereocenters. The maximum atomic E-state index is 9.21. The Kier molecular flexibility index (Phi) is 5.81. The average molecular weight is 221 g/mol. The first-order valence-electron chi connectivity index (χ1n) is 3.44. The van der Waals surface area contributed by atoms with Crippen molar-refractivity contribution >= 4 is 10.4 Å². The summed E-state index contributed by atoms with van der Waals surface area (Å²) in [5, 5.41) is 0. The molecule has 0 aliphatic heterocycles. The van der Waals surface area contributed by atoms with Gasteiger partial charge < -0.3 is 4.74 Å². The lowest BCUT2D eigenvalue weighted by atomic mass is 10.3. The van der Waals surface area contributed by atoms with Gasteiger partial charge >= 0.3 is 10.4 Å². The van der Waals surface area contributed by atoms with Crippen molar-refractivity contribution in [2.75, 3.05) is 7.11 Å². The number of rotatable bonds is 2. The molecule has 0 aliphatic carbocycles. The predicted molar refractivity (Wildman–Crippen MR) is 49.8 cm³/mol. The normalized spacial score (nSPS) is 9.93. The third kappa shape index (κ3) is 7.50. The summed E-state index contributed by atoms with van der Waals surface area (Å²) in [5.41, 5.74) is 0. The summed E-state index contributed by atoms with van der Waals surface area (Å²) in [5.74, 6) is 4.88. The minimum atomic E-state index is -4.38. The highest BCUT2D eigenvalue weighted by molar-refractivity contribution is 7.80. The van der Waals surface area contributed by atoms with Gasteiger partial charge in [0.1, 0.15) is 5.75 Å². The number of hydrogen-bond acceptors (Lipinski definition) is 5. The zero-order valence-corrected chi connectivity index (χ0v) is 8.27. The fraction of sp³-hybridized carbons (Fsp3) is 0.143. The van der Waals surface area contributed by atoms with Crippen LogP contribution in [0.4, 0.5) is 0 Å². The molecule has 3 N–H and O–H groups in total. The van der Waals surface area contributed by atoms with Crippen LogP contribution in [0.5, 0.6) is 5.75 Å². The van der Waals surface area contributed by atoms with E-state index in [1.54, 1.807) is 7.11 Å². The summed E-state index contributed by atoms with van der Waals surface area (Å²) in [6.07, 6.45) is 0. The van der Waals surface area contributed by atoms with Gasteiger partial charge in [0.05, 0.1) is 7.11 Å². The van der Waals surface area contributed by atoms with Crippen molar-refractivity contribution in [3.63, 3.8) is 0 Å². The Morgan fingerprint density at radius 3 is 1.93 bits per heavy atom. The van der Waals surface area contributed by atoms with Crippen LogP contribution in [0.3, 0.4) is 0 Å². The lowest BCUT2D eigenvalue weighted by Gasteiger charge is -1.93. The van der Waals surface area contributed by atoms with Crippen LogP contribution in [0.2, 0.25) is 0 Å². The Balaban J connectivity index is 0.000000255. The second-order valence-electron chi connectivity index (χ2n) is 2.04. The highest BCUT2D eigenvalue weighted by Gasteiger charge is 1.95. The van der Waals surface area contributed by atoms with E-state index in [9.17, 15) is 8.42 Å². The molecular formula is C7H11NO5S. The lowest BCUT2D eigenvalue weighted by Crippen LogP contribution is -2.08. The number of ether oxygens (including phenoxy) is 1. The molecule has 0 radical (unpaired) electrons. The van der Waals surface area contributed by atoms with Crippen molar-refractivity contribution in [2.24, 2.45) is 5.90 Å². The van der Waals surface area contributed by atoms with E-state index in [0.717, 1.165) is 5.75 Å². The number of hydrogen-bond donors (Lipinski definition) is 2. The van der Waals surface area contributed by atoms with E-state index in [4.69, 9.17) is 9.29 Å². The highest BCUT2D eigenvalue weighted by Crippen LogP contribution is 2.05. The molecule has 80 valence electrons. The minimum Gasteiger partial charge on any atom is -0.497 e. The summed E-state index contributed by atoms with van der Waals surface area (Å²) in [6.45, 7) is 0. The van der Waals surface area contributed by atoms with Gasteiger partial charge in [-0.15, -0.1) is 0 Å². The van der Waals surface area contributed by atoms with E-state index in [-0.39, 0.29) is 0 Å². The summed E-state index contributed by atoms with van der Waals surface area (Å²) in [7, 11) is -2.72. The smallest absolute Gasteiger partial charge is 0.413 e. The Hall–Kier alpha value is -1.15. The lowest BCUT2D eigenvalue weighted by molar-refractivity contribution is 0.277. The quantitative estimate of drug-likeness (QED) is 0.553. The van der Waals surface area contributed by atoms with Crippen molar-refractivity contribution in [3.8, 4) is 5.75 Å². The van der Waals surface area contributed by atoms with Gasteiger partial charge in [-0.3, -0.25) is 4.55 Å². The predicted octanol–water partition coefficient (Wildman–Crippen LogP) is 0.375. The van der Waals surface area contributed by atoms with Crippen LogP contribution in [0.1, 0.15) is 0 Å². The summed E-state index contributed by atoms with van der Waals surface area (Å²) in [4.78, 5) is 0. The van der Waals surface area contributed by atoms with Crippen LogP contribution in [0.25, 0.3) is 0 Å². The fourth-order valence-corrected chi connectivity index (χ4v) is 0.557.